The lowest BCUT2D eigenvalue weighted by Gasteiger charge is -2.33. The van der Waals surface area contributed by atoms with Gasteiger partial charge in [0.05, 0.1) is 5.56 Å². The second-order valence-corrected chi connectivity index (χ2v) is 13.3. The highest BCUT2D eigenvalue weighted by molar-refractivity contribution is 7.92. The van der Waals surface area contributed by atoms with E-state index in [-0.39, 0.29) is 10.6 Å². The van der Waals surface area contributed by atoms with E-state index in [1.54, 1.807) is 24.4 Å². The van der Waals surface area contributed by atoms with Gasteiger partial charge in [0.15, 0.2) is 10.8 Å². The van der Waals surface area contributed by atoms with Gasteiger partial charge in [0.1, 0.15) is 17.4 Å². The van der Waals surface area contributed by atoms with Crippen LogP contribution in [-0.4, -0.2) is 42.0 Å². The topological polar surface area (TPSA) is 83.5 Å². The Balaban J connectivity index is 1.26. The molecule has 0 saturated carbocycles. The standard InChI is InChI=1S/C31H32N4O3S/c1-21-16-31(2,3)35(17-21)30-25(12-7-15-32-30)26(36)20-39(37,38)28-14-6-13-27(33-28)34-18-23-10-4-8-22-9-5-11-24(19-34)29(22)23/h4-15,21H,16-20H2,1-3H3. The molecule has 1 atom stereocenters. The summed E-state index contributed by atoms with van der Waals surface area (Å²) in [6, 6.07) is 20.9. The van der Waals surface area contributed by atoms with E-state index in [0.717, 1.165) is 13.0 Å². The zero-order valence-corrected chi connectivity index (χ0v) is 23.3. The SMILES string of the molecule is CC1CN(c2ncccc2C(=O)CS(=O)(=O)c2cccc(N3Cc4cccc5cccc(c45)C3)n2)C(C)(C)C1. The lowest BCUT2D eigenvalue weighted by atomic mass is 9.95. The Morgan fingerprint density at radius 1 is 0.974 bits per heavy atom. The summed E-state index contributed by atoms with van der Waals surface area (Å²) in [6.45, 7) is 8.47. The molecule has 0 aliphatic carbocycles. The molecular weight excluding hydrogens is 508 g/mol. The number of carbonyl (C=O) groups is 1. The minimum Gasteiger partial charge on any atom is -0.351 e. The Kier molecular flexibility index (Phi) is 6.18. The summed E-state index contributed by atoms with van der Waals surface area (Å²) in [5.74, 6) is 0.446. The highest BCUT2D eigenvalue weighted by Crippen LogP contribution is 2.37. The van der Waals surface area contributed by atoms with Crippen molar-refractivity contribution in [2.45, 2.75) is 50.8 Å². The maximum atomic E-state index is 13.5. The molecule has 0 N–H and O–H groups in total. The minimum absolute atomic E-state index is 0.0917. The van der Waals surface area contributed by atoms with Crippen LogP contribution < -0.4 is 9.80 Å². The van der Waals surface area contributed by atoms with Crippen molar-refractivity contribution in [3.63, 3.8) is 0 Å². The van der Waals surface area contributed by atoms with Crippen LogP contribution in [0.2, 0.25) is 0 Å². The molecule has 6 rings (SSSR count). The summed E-state index contributed by atoms with van der Waals surface area (Å²) < 4.78 is 27.0. The van der Waals surface area contributed by atoms with Crippen LogP contribution in [0.15, 0.2) is 78.0 Å². The van der Waals surface area contributed by atoms with Gasteiger partial charge in [0, 0.05) is 31.4 Å². The first-order valence-corrected chi connectivity index (χ1v) is 15.0. The molecule has 7 nitrogen and oxygen atoms in total. The first-order valence-electron chi connectivity index (χ1n) is 13.3. The van der Waals surface area contributed by atoms with E-state index < -0.39 is 21.4 Å². The number of Topliss-reactive ketones (excluding diaryl/α,β-unsaturated/α-hetero) is 1. The minimum atomic E-state index is -3.98. The van der Waals surface area contributed by atoms with Crippen LogP contribution in [0.5, 0.6) is 0 Å². The van der Waals surface area contributed by atoms with Gasteiger partial charge in [-0.15, -0.1) is 0 Å². The molecule has 0 amide bonds. The molecule has 8 heteroatoms. The predicted octanol–water partition coefficient (Wildman–Crippen LogP) is 5.43. The molecule has 2 aliphatic heterocycles. The normalized spacial score (nSPS) is 18.5. The molecule has 2 aromatic carbocycles. The Hall–Kier alpha value is -3.78. The van der Waals surface area contributed by atoms with Crippen molar-refractivity contribution in [2.24, 2.45) is 5.92 Å². The number of anilines is 2. The molecule has 4 heterocycles. The van der Waals surface area contributed by atoms with E-state index >= 15 is 0 Å². The molecule has 0 bridgehead atoms. The highest BCUT2D eigenvalue weighted by Gasteiger charge is 2.39. The van der Waals surface area contributed by atoms with Crippen molar-refractivity contribution >= 4 is 38.0 Å². The van der Waals surface area contributed by atoms with E-state index in [9.17, 15) is 13.2 Å². The fourth-order valence-corrected chi connectivity index (χ4v) is 7.43. The lowest BCUT2D eigenvalue weighted by Crippen LogP contribution is -2.39. The Morgan fingerprint density at radius 3 is 2.33 bits per heavy atom. The molecule has 0 radical (unpaired) electrons. The zero-order chi connectivity index (χ0) is 27.4. The fourth-order valence-electron chi connectivity index (χ4n) is 6.26. The van der Waals surface area contributed by atoms with Gasteiger partial charge in [0.2, 0.25) is 9.84 Å². The number of ketones is 1. The van der Waals surface area contributed by atoms with Gasteiger partial charge in [-0.05, 0) is 72.4 Å². The number of pyridine rings is 2. The molecule has 39 heavy (non-hydrogen) atoms. The number of rotatable bonds is 6. The average Bonchev–Trinajstić information content (AvgIpc) is 3.20. The summed E-state index contributed by atoms with van der Waals surface area (Å²) >= 11 is 0. The molecule has 2 aliphatic rings. The Labute approximate surface area is 229 Å². The van der Waals surface area contributed by atoms with Crippen LogP contribution in [0.3, 0.4) is 0 Å². The zero-order valence-electron chi connectivity index (χ0n) is 22.5. The number of hydrogen-bond acceptors (Lipinski definition) is 7. The molecule has 1 fully saturated rings. The molecule has 4 aromatic rings. The van der Waals surface area contributed by atoms with Crippen molar-refractivity contribution in [2.75, 3.05) is 22.1 Å². The van der Waals surface area contributed by atoms with Crippen LogP contribution in [0.1, 0.15) is 48.7 Å². The first-order chi connectivity index (χ1) is 18.6. The summed E-state index contributed by atoms with van der Waals surface area (Å²) in [5, 5.41) is 2.37. The van der Waals surface area contributed by atoms with Crippen LogP contribution in [0.25, 0.3) is 10.8 Å². The third-order valence-electron chi connectivity index (χ3n) is 7.89. The summed E-state index contributed by atoms with van der Waals surface area (Å²) in [7, 11) is -3.98. The van der Waals surface area contributed by atoms with Gasteiger partial charge in [-0.3, -0.25) is 4.79 Å². The maximum Gasteiger partial charge on any atom is 0.203 e. The van der Waals surface area contributed by atoms with Crippen molar-refractivity contribution in [1.29, 1.82) is 0 Å². The van der Waals surface area contributed by atoms with Crippen LogP contribution >= 0.6 is 0 Å². The summed E-state index contributed by atoms with van der Waals surface area (Å²) in [6.07, 6.45) is 2.63. The Bertz CT molecular complexity index is 1660. The second kappa shape index (κ2) is 9.45. The quantitative estimate of drug-likeness (QED) is 0.302. The Morgan fingerprint density at radius 2 is 1.67 bits per heavy atom. The smallest absolute Gasteiger partial charge is 0.203 e. The third kappa shape index (κ3) is 4.67. The summed E-state index contributed by atoms with van der Waals surface area (Å²) in [4.78, 5) is 26.7. The van der Waals surface area contributed by atoms with Crippen LogP contribution in [-0.2, 0) is 22.9 Å². The largest absolute Gasteiger partial charge is 0.351 e. The van der Waals surface area contributed by atoms with Gasteiger partial charge in [-0.1, -0.05) is 49.4 Å². The molecule has 1 unspecified atom stereocenters. The van der Waals surface area contributed by atoms with Crippen LogP contribution in [0, 0.1) is 5.92 Å². The molecule has 200 valence electrons. The van der Waals surface area contributed by atoms with E-state index in [4.69, 9.17) is 0 Å². The number of aromatic nitrogens is 2. The molecule has 2 aromatic heterocycles. The van der Waals surface area contributed by atoms with Gasteiger partial charge in [-0.2, -0.15) is 0 Å². The molecular formula is C31H32N4O3S. The van der Waals surface area contributed by atoms with Gasteiger partial charge < -0.3 is 9.80 Å². The van der Waals surface area contributed by atoms with Crippen molar-refractivity contribution in [3.8, 4) is 0 Å². The second-order valence-electron chi connectivity index (χ2n) is 11.4. The first kappa shape index (κ1) is 25.5. The van der Waals surface area contributed by atoms with E-state index in [0.29, 0.717) is 36.2 Å². The number of hydrogen-bond donors (Lipinski definition) is 0. The van der Waals surface area contributed by atoms with E-state index in [1.807, 2.05) is 18.2 Å². The van der Waals surface area contributed by atoms with Crippen molar-refractivity contribution in [1.82, 2.24) is 9.97 Å². The van der Waals surface area contributed by atoms with Crippen molar-refractivity contribution < 1.29 is 13.2 Å². The average molecular weight is 541 g/mol. The van der Waals surface area contributed by atoms with Crippen LogP contribution in [0.4, 0.5) is 11.6 Å². The number of nitrogens with zero attached hydrogens (tertiary/aromatic N) is 4. The fraction of sp³-hybridized carbons (Fsp3) is 0.323. The monoisotopic (exact) mass is 540 g/mol. The predicted molar refractivity (Wildman–Crippen MR) is 154 cm³/mol. The summed E-state index contributed by atoms with van der Waals surface area (Å²) in [5.41, 5.74) is 2.53. The number of carbonyl (C=O) groups excluding carboxylic acids is 1. The third-order valence-corrected chi connectivity index (χ3v) is 9.39. The van der Waals surface area contributed by atoms with Gasteiger partial charge in [0.25, 0.3) is 0 Å². The lowest BCUT2D eigenvalue weighted by molar-refractivity contribution is 0.102. The van der Waals surface area contributed by atoms with Gasteiger partial charge >= 0.3 is 0 Å². The number of benzene rings is 2. The molecule has 1 saturated heterocycles. The maximum absolute atomic E-state index is 13.5. The van der Waals surface area contributed by atoms with E-state index in [1.165, 1.54) is 28.0 Å². The van der Waals surface area contributed by atoms with Gasteiger partial charge in [-0.25, -0.2) is 18.4 Å². The highest BCUT2D eigenvalue weighted by atomic mass is 32.2. The van der Waals surface area contributed by atoms with Crippen molar-refractivity contribution in [3.05, 3.63) is 89.6 Å². The number of sulfone groups is 1. The molecule has 0 spiro atoms. The van der Waals surface area contributed by atoms with E-state index in [2.05, 4.69) is 64.8 Å².